The van der Waals surface area contributed by atoms with Crippen molar-refractivity contribution in [2.75, 3.05) is 44.0 Å². The average Bonchev–Trinajstić information content (AvgIpc) is 2.48. The Kier molecular flexibility index (Phi) is 5.44. The Hall–Kier alpha value is -1.75. The van der Waals surface area contributed by atoms with Gasteiger partial charge in [-0.05, 0) is 43.9 Å². The molecule has 1 amide bonds. The fraction of sp³-hybridized carbons (Fsp3) is 0.562. The quantitative estimate of drug-likeness (QED) is 0.813. The standard InChI is InChI=1S/C16H25N3O2/c1-3-18-16(20)13-4-5-15(14(17)10-13)19(2)11-12-6-8-21-9-7-12/h4-5,10,12H,3,6-9,11,17H2,1-2H3,(H,18,20). The van der Waals surface area contributed by atoms with Crippen LogP contribution in [-0.2, 0) is 4.74 Å². The summed E-state index contributed by atoms with van der Waals surface area (Å²) in [5, 5.41) is 2.78. The Balaban J connectivity index is 2.03. The van der Waals surface area contributed by atoms with Crippen LogP contribution in [-0.4, -0.2) is 39.3 Å². The summed E-state index contributed by atoms with van der Waals surface area (Å²) in [7, 11) is 2.05. The van der Waals surface area contributed by atoms with E-state index in [4.69, 9.17) is 10.5 Å². The third kappa shape index (κ3) is 4.11. The SMILES string of the molecule is CCNC(=O)c1ccc(N(C)CC2CCOCC2)c(N)c1. The number of nitrogens with one attached hydrogen (secondary N) is 1. The largest absolute Gasteiger partial charge is 0.397 e. The molecule has 1 aromatic carbocycles. The smallest absolute Gasteiger partial charge is 0.251 e. The van der Waals surface area contributed by atoms with Gasteiger partial charge in [0.1, 0.15) is 0 Å². The number of nitrogen functional groups attached to an aromatic ring is 1. The maximum absolute atomic E-state index is 11.8. The number of hydrogen-bond donors (Lipinski definition) is 2. The van der Waals surface area contributed by atoms with Crippen LogP contribution in [0.5, 0.6) is 0 Å². The van der Waals surface area contributed by atoms with Gasteiger partial charge in [0.05, 0.1) is 11.4 Å². The number of amides is 1. The highest BCUT2D eigenvalue weighted by Gasteiger charge is 2.17. The van der Waals surface area contributed by atoms with Crippen molar-refractivity contribution in [3.8, 4) is 0 Å². The molecule has 1 aliphatic heterocycles. The van der Waals surface area contributed by atoms with Crippen LogP contribution >= 0.6 is 0 Å². The number of carbonyl (C=O) groups is 1. The molecule has 1 fully saturated rings. The van der Waals surface area contributed by atoms with E-state index >= 15 is 0 Å². The fourth-order valence-corrected chi connectivity index (χ4v) is 2.72. The van der Waals surface area contributed by atoms with E-state index in [1.807, 2.05) is 26.1 Å². The monoisotopic (exact) mass is 291 g/mol. The molecule has 0 unspecified atom stereocenters. The highest BCUT2D eigenvalue weighted by molar-refractivity contribution is 5.96. The predicted octanol–water partition coefficient (Wildman–Crippen LogP) is 1.88. The van der Waals surface area contributed by atoms with E-state index in [1.165, 1.54) is 0 Å². The Morgan fingerprint density at radius 1 is 1.43 bits per heavy atom. The summed E-state index contributed by atoms with van der Waals surface area (Å²) in [5.41, 5.74) is 8.35. The summed E-state index contributed by atoms with van der Waals surface area (Å²) in [4.78, 5) is 14.0. The lowest BCUT2D eigenvalue weighted by molar-refractivity contribution is 0.0685. The van der Waals surface area contributed by atoms with Crippen LogP contribution in [0.1, 0.15) is 30.1 Å². The molecule has 5 nitrogen and oxygen atoms in total. The lowest BCUT2D eigenvalue weighted by Gasteiger charge is -2.29. The molecule has 1 saturated heterocycles. The van der Waals surface area contributed by atoms with Gasteiger partial charge in [-0.2, -0.15) is 0 Å². The highest BCUT2D eigenvalue weighted by atomic mass is 16.5. The summed E-state index contributed by atoms with van der Waals surface area (Å²) >= 11 is 0. The fourth-order valence-electron chi connectivity index (χ4n) is 2.72. The summed E-state index contributed by atoms with van der Waals surface area (Å²) < 4.78 is 5.39. The molecule has 0 atom stereocenters. The molecule has 5 heteroatoms. The zero-order valence-electron chi connectivity index (χ0n) is 12.9. The summed E-state index contributed by atoms with van der Waals surface area (Å²) in [5.74, 6) is 0.564. The van der Waals surface area contributed by atoms with Crippen LogP contribution in [0.2, 0.25) is 0 Å². The topological polar surface area (TPSA) is 67.6 Å². The Bertz CT molecular complexity index is 484. The molecule has 3 N–H and O–H groups in total. The van der Waals surface area contributed by atoms with Crippen LogP contribution in [0.4, 0.5) is 11.4 Å². The molecular weight excluding hydrogens is 266 g/mol. The Morgan fingerprint density at radius 2 is 2.14 bits per heavy atom. The normalized spacial score (nSPS) is 15.7. The second-order valence-corrected chi connectivity index (χ2v) is 5.57. The van der Waals surface area contributed by atoms with Crippen molar-refractivity contribution >= 4 is 17.3 Å². The van der Waals surface area contributed by atoms with Crippen molar-refractivity contribution < 1.29 is 9.53 Å². The molecule has 1 aromatic rings. The van der Waals surface area contributed by atoms with Gasteiger partial charge in [-0.15, -0.1) is 0 Å². The van der Waals surface area contributed by atoms with Crippen LogP contribution in [0, 0.1) is 5.92 Å². The van der Waals surface area contributed by atoms with Gasteiger partial charge in [-0.3, -0.25) is 4.79 Å². The van der Waals surface area contributed by atoms with Crippen molar-refractivity contribution in [1.29, 1.82) is 0 Å². The van der Waals surface area contributed by atoms with E-state index in [1.54, 1.807) is 6.07 Å². The second-order valence-electron chi connectivity index (χ2n) is 5.57. The van der Waals surface area contributed by atoms with Crippen molar-refractivity contribution in [3.63, 3.8) is 0 Å². The van der Waals surface area contributed by atoms with Crippen LogP contribution < -0.4 is 16.0 Å². The van der Waals surface area contributed by atoms with E-state index in [0.29, 0.717) is 23.7 Å². The average molecular weight is 291 g/mol. The molecule has 116 valence electrons. The molecule has 0 bridgehead atoms. The minimum Gasteiger partial charge on any atom is -0.397 e. The second kappa shape index (κ2) is 7.31. The van der Waals surface area contributed by atoms with Crippen molar-refractivity contribution in [1.82, 2.24) is 5.32 Å². The molecule has 0 saturated carbocycles. The van der Waals surface area contributed by atoms with Gasteiger partial charge in [0, 0.05) is 38.9 Å². The zero-order chi connectivity index (χ0) is 15.2. The molecule has 0 radical (unpaired) electrons. The van der Waals surface area contributed by atoms with Crippen molar-refractivity contribution in [2.45, 2.75) is 19.8 Å². The molecule has 2 rings (SSSR count). The maximum Gasteiger partial charge on any atom is 0.251 e. The first kappa shape index (κ1) is 15.6. The molecule has 0 aromatic heterocycles. The Morgan fingerprint density at radius 3 is 2.76 bits per heavy atom. The van der Waals surface area contributed by atoms with Gasteiger partial charge < -0.3 is 20.7 Å². The van der Waals surface area contributed by atoms with Crippen LogP contribution in [0.3, 0.4) is 0 Å². The van der Waals surface area contributed by atoms with E-state index in [2.05, 4.69) is 10.2 Å². The van der Waals surface area contributed by atoms with Gasteiger partial charge in [0.2, 0.25) is 0 Å². The number of carbonyl (C=O) groups excluding carboxylic acids is 1. The third-order valence-electron chi connectivity index (χ3n) is 3.91. The highest BCUT2D eigenvalue weighted by Crippen LogP contribution is 2.26. The minimum atomic E-state index is -0.0807. The van der Waals surface area contributed by atoms with Gasteiger partial charge in [0.25, 0.3) is 5.91 Å². The summed E-state index contributed by atoms with van der Waals surface area (Å²) in [6, 6.07) is 5.51. The van der Waals surface area contributed by atoms with Crippen LogP contribution in [0.25, 0.3) is 0 Å². The molecular formula is C16H25N3O2. The molecule has 21 heavy (non-hydrogen) atoms. The first-order chi connectivity index (χ1) is 10.1. The molecule has 0 aliphatic carbocycles. The number of hydrogen-bond acceptors (Lipinski definition) is 4. The first-order valence-electron chi connectivity index (χ1n) is 7.58. The first-order valence-corrected chi connectivity index (χ1v) is 7.58. The lowest BCUT2D eigenvalue weighted by atomic mass is 9.99. The lowest BCUT2D eigenvalue weighted by Crippen LogP contribution is -2.30. The van der Waals surface area contributed by atoms with Crippen LogP contribution in [0.15, 0.2) is 18.2 Å². The maximum atomic E-state index is 11.8. The molecule has 1 aliphatic rings. The number of nitrogens with two attached hydrogens (primary N) is 1. The number of anilines is 2. The number of nitrogens with zero attached hydrogens (tertiary/aromatic N) is 1. The Labute approximate surface area is 126 Å². The van der Waals surface area contributed by atoms with Gasteiger partial charge in [0.15, 0.2) is 0 Å². The predicted molar refractivity (Wildman–Crippen MR) is 85.7 cm³/mol. The van der Waals surface area contributed by atoms with E-state index < -0.39 is 0 Å². The molecule has 0 spiro atoms. The number of ether oxygens (including phenoxy) is 1. The van der Waals surface area contributed by atoms with Gasteiger partial charge in [-0.1, -0.05) is 0 Å². The van der Waals surface area contributed by atoms with Crippen molar-refractivity contribution in [3.05, 3.63) is 23.8 Å². The summed E-state index contributed by atoms with van der Waals surface area (Å²) in [6.45, 7) is 5.18. The summed E-state index contributed by atoms with van der Waals surface area (Å²) in [6.07, 6.45) is 2.20. The van der Waals surface area contributed by atoms with E-state index in [0.717, 1.165) is 38.3 Å². The van der Waals surface area contributed by atoms with E-state index in [-0.39, 0.29) is 5.91 Å². The van der Waals surface area contributed by atoms with Gasteiger partial charge in [-0.25, -0.2) is 0 Å². The molecule has 1 heterocycles. The zero-order valence-corrected chi connectivity index (χ0v) is 12.9. The van der Waals surface area contributed by atoms with E-state index in [9.17, 15) is 4.79 Å². The van der Waals surface area contributed by atoms with Crippen molar-refractivity contribution in [2.24, 2.45) is 5.92 Å². The third-order valence-corrected chi connectivity index (χ3v) is 3.91. The minimum absolute atomic E-state index is 0.0807. The number of rotatable bonds is 5. The van der Waals surface area contributed by atoms with Gasteiger partial charge >= 0.3 is 0 Å². The number of benzene rings is 1.